The molecule has 0 saturated carbocycles. The Balaban J connectivity index is 2.78. The summed E-state index contributed by atoms with van der Waals surface area (Å²) in [6.07, 6.45) is -4.05. The van der Waals surface area contributed by atoms with Crippen LogP contribution in [0.4, 0.5) is 8.78 Å². The van der Waals surface area contributed by atoms with Crippen LogP contribution in [0.5, 0.6) is 5.75 Å². The van der Waals surface area contributed by atoms with E-state index >= 15 is 0 Å². The van der Waals surface area contributed by atoms with Gasteiger partial charge < -0.3 is 9.47 Å². The van der Waals surface area contributed by atoms with Crippen LogP contribution in [0.15, 0.2) is 24.3 Å². The lowest BCUT2D eigenvalue weighted by Gasteiger charge is -2.15. The van der Waals surface area contributed by atoms with Gasteiger partial charge in [0, 0.05) is 5.56 Å². The number of carbonyl (C=O) groups excluding carboxylic acids is 2. The molecule has 0 radical (unpaired) electrons. The van der Waals surface area contributed by atoms with Gasteiger partial charge in [0.15, 0.2) is 5.78 Å². The Hall–Kier alpha value is -1.98. The Labute approximate surface area is 103 Å². The fourth-order valence-electron chi connectivity index (χ4n) is 1.16. The van der Waals surface area contributed by atoms with Gasteiger partial charge in [-0.3, -0.25) is 4.79 Å². The molecule has 0 aliphatic heterocycles. The third kappa shape index (κ3) is 3.51. The van der Waals surface area contributed by atoms with Crippen LogP contribution in [0.3, 0.4) is 0 Å². The normalized spacial score (nSPS) is 10.9. The molecule has 0 bridgehead atoms. The predicted molar refractivity (Wildman–Crippen MR) is 58.7 cm³/mol. The van der Waals surface area contributed by atoms with Crippen molar-refractivity contribution in [2.24, 2.45) is 0 Å². The van der Waals surface area contributed by atoms with Crippen LogP contribution in [-0.2, 0) is 9.53 Å². The third-order valence-corrected chi connectivity index (χ3v) is 2.02. The fraction of sp³-hybridized carbons (Fsp3) is 0.333. The lowest BCUT2D eigenvalue weighted by atomic mass is 10.1. The maximum absolute atomic E-state index is 13.2. The van der Waals surface area contributed by atoms with E-state index in [4.69, 9.17) is 0 Å². The molecule has 0 fully saturated rings. The number of ketones is 1. The van der Waals surface area contributed by atoms with E-state index in [0.717, 1.165) is 0 Å². The van der Waals surface area contributed by atoms with Gasteiger partial charge in [0.1, 0.15) is 5.75 Å². The van der Waals surface area contributed by atoms with Crippen LogP contribution in [0.25, 0.3) is 0 Å². The molecule has 1 rings (SSSR count). The highest BCUT2D eigenvalue weighted by atomic mass is 19.3. The van der Waals surface area contributed by atoms with Gasteiger partial charge >= 0.3 is 12.1 Å². The topological polar surface area (TPSA) is 52.6 Å². The average molecular weight is 258 g/mol. The van der Waals surface area contributed by atoms with E-state index in [9.17, 15) is 18.4 Å². The minimum Gasteiger partial charge on any atom is -0.459 e. The smallest absolute Gasteiger partial charge is 0.459 e. The summed E-state index contributed by atoms with van der Waals surface area (Å²) in [5, 5.41) is 0. The lowest BCUT2D eigenvalue weighted by Crippen LogP contribution is -2.36. The molecule has 18 heavy (non-hydrogen) atoms. The molecule has 0 aromatic heterocycles. The quantitative estimate of drug-likeness (QED) is 0.601. The lowest BCUT2D eigenvalue weighted by molar-refractivity contribution is -0.216. The van der Waals surface area contributed by atoms with Crippen molar-refractivity contribution in [1.82, 2.24) is 0 Å². The molecular weight excluding hydrogens is 246 g/mol. The van der Waals surface area contributed by atoms with E-state index in [0.29, 0.717) is 5.56 Å². The Morgan fingerprint density at radius 2 is 1.78 bits per heavy atom. The molecule has 0 aliphatic carbocycles. The number of rotatable bonds is 5. The second kappa shape index (κ2) is 5.57. The van der Waals surface area contributed by atoms with Crippen LogP contribution >= 0.6 is 0 Å². The van der Waals surface area contributed by atoms with Crippen molar-refractivity contribution in [2.75, 3.05) is 6.61 Å². The van der Waals surface area contributed by atoms with Crippen molar-refractivity contribution in [3.8, 4) is 5.75 Å². The molecule has 98 valence electrons. The Morgan fingerprint density at radius 1 is 1.22 bits per heavy atom. The fourth-order valence-corrected chi connectivity index (χ4v) is 1.16. The second-order valence-electron chi connectivity index (χ2n) is 3.42. The first kappa shape index (κ1) is 14.1. The Kier molecular flexibility index (Phi) is 4.36. The number of esters is 1. The summed E-state index contributed by atoms with van der Waals surface area (Å²) in [6, 6.07) is 5.03. The average Bonchev–Trinajstić information content (AvgIpc) is 2.29. The van der Waals surface area contributed by atoms with Gasteiger partial charge in [-0.2, -0.15) is 8.78 Å². The van der Waals surface area contributed by atoms with E-state index in [-0.39, 0.29) is 18.1 Å². The molecule has 6 heteroatoms. The number of Topliss-reactive ketones (excluding diaryl/α,β-unsaturated/α-hetero) is 1. The monoisotopic (exact) mass is 258 g/mol. The summed E-state index contributed by atoms with van der Waals surface area (Å²) in [4.78, 5) is 21.9. The third-order valence-electron chi connectivity index (χ3n) is 2.02. The summed E-state index contributed by atoms with van der Waals surface area (Å²) in [5.41, 5.74) is 0.363. The molecule has 0 atom stereocenters. The second-order valence-corrected chi connectivity index (χ2v) is 3.42. The minimum atomic E-state index is -4.05. The number of halogens is 2. The first-order chi connectivity index (χ1) is 8.36. The largest absolute Gasteiger partial charge is 0.502 e. The van der Waals surface area contributed by atoms with Crippen molar-refractivity contribution in [2.45, 2.75) is 20.0 Å². The van der Waals surface area contributed by atoms with Crippen LogP contribution in [0.1, 0.15) is 24.2 Å². The van der Waals surface area contributed by atoms with Gasteiger partial charge in [0.2, 0.25) is 0 Å². The maximum atomic E-state index is 13.2. The number of carbonyl (C=O) groups is 2. The molecular formula is C12H12F2O4. The minimum absolute atomic E-state index is 0.166. The Bertz CT molecular complexity index is 440. The van der Waals surface area contributed by atoms with Crippen molar-refractivity contribution in [1.29, 1.82) is 0 Å². The SMILES string of the molecule is CCOC(=O)C(F)(F)Oc1ccc(C(C)=O)cc1. The summed E-state index contributed by atoms with van der Waals surface area (Å²) < 4.78 is 34.8. The van der Waals surface area contributed by atoms with Gasteiger partial charge in [0.25, 0.3) is 0 Å². The zero-order valence-corrected chi connectivity index (χ0v) is 9.91. The number of alkyl halides is 2. The van der Waals surface area contributed by atoms with Crippen LogP contribution in [-0.4, -0.2) is 24.5 Å². The number of hydrogen-bond acceptors (Lipinski definition) is 4. The van der Waals surface area contributed by atoms with Crippen molar-refractivity contribution in [3.63, 3.8) is 0 Å². The van der Waals surface area contributed by atoms with Gasteiger partial charge in [-0.15, -0.1) is 0 Å². The molecule has 1 aromatic carbocycles. The van der Waals surface area contributed by atoms with Gasteiger partial charge in [0.05, 0.1) is 6.61 Å². The van der Waals surface area contributed by atoms with Crippen LogP contribution in [0.2, 0.25) is 0 Å². The van der Waals surface area contributed by atoms with E-state index in [1.54, 1.807) is 0 Å². The highest BCUT2D eigenvalue weighted by molar-refractivity contribution is 5.94. The van der Waals surface area contributed by atoms with Gasteiger partial charge in [-0.25, -0.2) is 4.79 Å². The summed E-state index contributed by atoms with van der Waals surface area (Å²) >= 11 is 0. The van der Waals surface area contributed by atoms with Crippen LogP contribution in [0, 0.1) is 0 Å². The highest BCUT2D eigenvalue weighted by Gasteiger charge is 2.44. The van der Waals surface area contributed by atoms with E-state index in [1.807, 2.05) is 0 Å². The predicted octanol–water partition coefficient (Wildman–Crippen LogP) is 2.42. The van der Waals surface area contributed by atoms with Gasteiger partial charge in [-0.1, -0.05) is 0 Å². The molecule has 0 unspecified atom stereocenters. The molecule has 0 amide bonds. The van der Waals surface area contributed by atoms with Crippen LogP contribution < -0.4 is 4.74 Å². The first-order valence-corrected chi connectivity index (χ1v) is 5.22. The number of benzene rings is 1. The number of hydrogen-bond donors (Lipinski definition) is 0. The zero-order valence-electron chi connectivity index (χ0n) is 9.91. The van der Waals surface area contributed by atoms with E-state index in [1.165, 1.54) is 38.1 Å². The molecule has 1 aromatic rings. The molecule has 0 heterocycles. The van der Waals surface area contributed by atoms with Crippen molar-refractivity contribution >= 4 is 11.8 Å². The zero-order chi connectivity index (χ0) is 13.8. The molecule has 4 nitrogen and oxygen atoms in total. The summed E-state index contributed by atoms with van der Waals surface area (Å²) in [5.74, 6) is -2.17. The Morgan fingerprint density at radius 3 is 2.22 bits per heavy atom. The molecule has 0 N–H and O–H groups in total. The van der Waals surface area contributed by atoms with Gasteiger partial charge in [-0.05, 0) is 38.1 Å². The highest BCUT2D eigenvalue weighted by Crippen LogP contribution is 2.23. The van der Waals surface area contributed by atoms with Crippen molar-refractivity contribution in [3.05, 3.63) is 29.8 Å². The first-order valence-electron chi connectivity index (χ1n) is 5.22. The maximum Gasteiger partial charge on any atom is 0.502 e. The summed E-state index contributed by atoms with van der Waals surface area (Å²) in [6.45, 7) is 2.60. The summed E-state index contributed by atoms with van der Waals surface area (Å²) in [7, 11) is 0. The van der Waals surface area contributed by atoms with E-state index < -0.39 is 12.1 Å². The molecule has 0 saturated heterocycles. The van der Waals surface area contributed by atoms with Crippen molar-refractivity contribution < 1.29 is 27.8 Å². The molecule has 0 aliphatic rings. The molecule has 0 spiro atoms. The van der Waals surface area contributed by atoms with E-state index in [2.05, 4.69) is 9.47 Å². The standard InChI is InChI=1S/C12H12F2O4/c1-3-17-11(16)12(13,14)18-10-6-4-9(5-7-10)8(2)15/h4-7H,3H2,1-2H3. The number of ether oxygens (including phenoxy) is 2.